The zero-order valence-corrected chi connectivity index (χ0v) is 11.6. The molecule has 4 nitrogen and oxygen atoms in total. The van der Waals surface area contributed by atoms with Crippen molar-refractivity contribution in [3.8, 4) is 5.75 Å². The standard InChI is InChI=1S/C11H16ClNO3S/c1-4-16-11-7-9(5-6-10(11)12)17(14,15)13-8(2)3/h5-8,13H,4H2,1-3H3. The van der Waals surface area contributed by atoms with Crippen LogP contribution in [0.1, 0.15) is 20.8 Å². The molecule has 17 heavy (non-hydrogen) atoms. The number of hydrogen-bond donors (Lipinski definition) is 1. The van der Waals surface area contributed by atoms with Crippen molar-refractivity contribution in [1.29, 1.82) is 0 Å². The molecule has 0 bridgehead atoms. The normalized spacial score (nSPS) is 11.8. The number of halogens is 1. The fraction of sp³-hybridized carbons (Fsp3) is 0.455. The van der Waals surface area contributed by atoms with Crippen LogP contribution in [0.2, 0.25) is 5.02 Å². The predicted molar refractivity (Wildman–Crippen MR) is 68.1 cm³/mol. The maximum absolute atomic E-state index is 11.9. The predicted octanol–water partition coefficient (Wildman–Crippen LogP) is 2.43. The summed E-state index contributed by atoms with van der Waals surface area (Å²) in [7, 11) is -3.51. The van der Waals surface area contributed by atoms with E-state index in [0.717, 1.165) is 0 Å². The van der Waals surface area contributed by atoms with Crippen molar-refractivity contribution in [2.75, 3.05) is 6.61 Å². The van der Waals surface area contributed by atoms with Crippen LogP contribution >= 0.6 is 11.6 Å². The van der Waals surface area contributed by atoms with E-state index in [0.29, 0.717) is 17.4 Å². The Kier molecular flexibility index (Phi) is 4.80. The van der Waals surface area contributed by atoms with Crippen LogP contribution in [0.25, 0.3) is 0 Å². The topological polar surface area (TPSA) is 55.4 Å². The molecule has 0 aliphatic carbocycles. The maximum Gasteiger partial charge on any atom is 0.240 e. The van der Waals surface area contributed by atoms with Crippen molar-refractivity contribution in [2.45, 2.75) is 31.7 Å². The number of rotatable bonds is 5. The quantitative estimate of drug-likeness (QED) is 0.899. The van der Waals surface area contributed by atoms with Gasteiger partial charge in [-0.1, -0.05) is 11.6 Å². The second-order valence-corrected chi connectivity index (χ2v) is 5.92. The lowest BCUT2D eigenvalue weighted by Gasteiger charge is -2.11. The summed E-state index contributed by atoms with van der Waals surface area (Å²) in [5.74, 6) is 0.376. The monoisotopic (exact) mass is 277 g/mol. The van der Waals surface area contributed by atoms with E-state index >= 15 is 0 Å². The second-order valence-electron chi connectivity index (χ2n) is 3.80. The Hall–Kier alpha value is -0.780. The number of hydrogen-bond acceptors (Lipinski definition) is 3. The van der Waals surface area contributed by atoms with Crippen molar-refractivity contribution in [3.05, 3.63) is 23.2 Å². The minimum absolute atomic E-state index is 0.152. The molecule has 0 heterocycles. The van der Waals surface area contributed by atoms with Crippen LogP contribution in [-0.2, 0) is 10.0 Å². The molecule has 0 spiro atoms. The Bertz CT molecular complexity index is 485. The summed E-state index contributed by atoms with van der Waals surface area (Å²) < 4.78 is 31.6. The third-order valence-corrected chi connectivity index (χ3v) is 3.87. The van der Waals surface area contributed by atoms with Crippen LogP contribution in [0.15, 0.2) is 23.1 Å². The third kappa shape index (κ3) is 3.87. The molecule has 0 aliphatic rings. The van der Waals surface area contributed by atoms with Crippen molar-refractivity contribution in [2.24, 2.45) is 0 Å². The van der Waals surface area contributed by atoms with Gasteiger partial charge in [0.05, 0.1) is 16.5 Å². The minimum Gasteiger partial charge on any atom is -0.492 e. The first-order valence-electron chi connectivity index (χ1n) is 5.31. The van der Waals surface area contributed by atoms with Crippen molar-refractivity contribution >= 4 is 21.6 Å². The Morgan fingerprint density at radius 3 is 2.59 bits per heavy atom. The highest BCUT2D eigenvalue weighted by Gasteiger charge is 2.17. The lowest BCUT2D eigenvalue weighted by molar-refractivity contribution is 0.339. The molecule has 0 aliphatic heterocycles. The third-order valence-electron chi connectivity index (χ3n) is 1.90. The first kappa shape index (κ1) is 14.3. The van der Waals surface area contributed by atoms with Gasteiger partial charge in [-0.3, -0.25) is 0 Å². The first-order chi connectivity index (χ1) is 7.86. The zero-order chi connectivity index (χ0) is 13.1. The molecular weight excluding hydrogens is 262 g/mol. The average Bonchev–Trinajstić information content (AvgIpc) is 2.19. The highest BCUT2D eigenvalue weighted by molar-refractivity contribution is 7.89. The van der Waals surface area contributed by atoms with Crippen LogP contribution in [0.3, 0.4) is 0 Å². The molecule has 0 unspecified atom stereocenters. The van der Waals surface area contributed by atoms with E-state index in [1.165, 1.54) is 18.2 Å². The Labute approximate surface area is 107 Å². The summed E-state index contributed by atoms with van der Waals surface area (Å²) in [4.78, 5) is 0.152. The first-order valence-corrected chi connectivity index (χ1v) is 7.17. The summed E-state index contributed by atoms with van der Waals surface area (Å²) in [6.45, 7) is 5.76. The van der Waals surface area contributed by atoms with Gasteiger partial charge < -0.3 is 4.74 Å². The van der Waals surface area contributed by atoms with Gasteiger partial charge in [0.1, 0.15) is 5.75 Å². The largest absolute Gasteiger partial charge is 0.492 e. The molecule has 0 saturated carbocycles. The van der Waals surface area contributed by atoms with Crippen LogP contribution in [0.5, 0.6) is 5.75 Å². The fourth-order valence-corrected chi connectivity index (χ4v) is 2.73. The van der Waals surface area contributed by atoms with Gasteiger partial charge in [-0.05, 0) is 32.9 Å². The smallest absolute Gasteiger partial charge is 0.240 e. The lowest BCUT2D eigenvalue weighted by atomic mass is 10.3. The number of benzene rings is 1. The summed E-state index contributed by atoms with van der Waals surface area (Å²) in [5.41, 5.74) is 0. The Balaban J connectivity index is 3.11. The van der Waals surface area contributed by atoms with Gasteiger partial charge in [0.25, 0.3) is 0 Å². The van der Waals surface area contributed by atoms with E-state index in [4.69, 9.17) is 16.3 Å². The molecule has 1 N–H and O–H groups in total. The molecule has 1 aromatic rings. The highest BCUT2D eigenvalue weighted by atomic mass is 35.5. The lowest BCUT2D eigenvalue weighted by Crippen LogP contribution is -2.30. The maximum atomic E-state index is 11.9. The van der Waals surface area contributed by atoms with E-state index in [1.807, 2.05) is 6.92 Å². The molecule has 96 valence electrons. The van der Waals surface area contributed by atoms with Crippen LogP contribution in [0, 0.1) is 0 Å². The molecule has 0 radical (unpaired) electrons. The van der Waals surface area contributed by atoms with Crippen molar-refractivity contribution < 1.29 is 13.2 Å². The number of nitrogens with one attached hydrogen (secondary N) is 1. The average molecular weight is 278 g/mol. The van der Waals surface area contributed by atoms with Crippen molar-refractivity contribution in [3.63, 3.8) is 0 Å². The van der Waals surface area contributed by atoms with Gasteiger partial charge >= 0.3 is 0 Å². The highest BCUT2D eigenvalue weighted by Crippen LogP contribution is 2.27. The van der Waals surface area contributed by atoms with E-state index in [-0.39, 0.29) is 10.9 Å². The zero-order valence-electron chi connectivity index (χ0n) is 10.0. The minimum atomic E-state index is -3.51. The molecule has 0 saturated heterocycles. The van der Waals surface area contributed by atoms with Gasteiger partial charge in [0.15, 0.2) is 0 Å². The molecule has 0 aromatic heterocycles. The van der Waals surface area contributed by atoms with E-state index in [9.17, 15) is 8.42 Å². The summed E-state index contributed by atoms with van der Waals surface area (Å²) in [6, 6.07) is 4.24. The van der Waals surface area contributed by atoms with E-state index in [2.05, 4.69) is 4.72 Å². The molecule has 0 atom stereocenters. The second kappa shape index (κ2) is 5.71. The SMILES string of the molecule is CCOc1cc(S(=O)(=O)NC(C)C)ccc1Cl. The molecule has 0 fully saturated rings. The van der Waals surface area contributed by atoms with E-state index < -0.39 is 10.0 Å². The van der Waals surface area contributed by atoms with Crippen LogP contribution in [0.4, 0.5) is 0 Å². The Morgan fingerprint density at radius 2 is 2.06 bits per heavy atom. The molecule has 0 amide bonds. The molecule has 1 rings (SSSR count). The van der Waals surface area contributed by atoms with Gasteiger partial charge in [0, 0.05) is 12.1 Å². The van der Waals surface area contributed by atoms with Gasteiger partial charge in [-0.2, -0.15) is 0 Å². The van der Waals surface area contributed by atoms with Crippen molar-refractivity contribution in [1.82, 2.24) is 4.72 Å². The molecule has 1 aromatic carbocycles. The summed E-state index contributed by atoms with van der Waals surface area (Å²) in [6.07, 6.45) is 0. The molecule has 6 heteroatoms. The number of ether oxygens (including phenoxy) is 1. The van der Waals surface area contributed by atoms with Crippen LogP contribution in [-0.4, -0.2) is 21.1 Å². The summed E-state index contributed by atoms with van der Waals surface area (Å²) >= 11 is 5.89. The van der Waals surface area contributed by atoms with Gasteiger partial charge in [-0.15, -0.1) is 0 Å². The van der Waals surface area contributed by atoms with Crippen LogP contribution < -0.4 is 9.46 Å². The molecular formula is C11H16ClNO3S. The summed E-state index contributed by atoms with van der Waals surface area (Å²) in [5, 5.41) is 0.398. The van der Waals surface area contributed by atoms with Gasteiger partial charge in [0.2, 0.25) is 10.0 Å². The Morgan fingerprint density at radius 1 is 1.41 bits per heavy atom. The fourth-order valence-electron chi connectivity index (χ4n) is 1.30. The van der Waals surface area contributed by atoms with Gasteiger partial charge in [-0.25, -0.2) is 13.1 Å². The van der Waals surface area contributed by atoms with E-state index in [1.54, 1.807) is 13.8 Å². The number of sulfonamides is 1.